The van der Waals surface area contributed by atoms with Gasteiger partial charge in [-0.3, -0.25) is 10.00 Å². The highest BCUT2D eigenvalue weighted by Crippen LogP contribution is 2.32. The zero-order valence-corrected chi connectivity index (χ0v) is 11.6. The van der Waals surface area contributed by atoms with Crippen LogP contribution in [-0.2, 0) is 17.7 Å². The molecule has 8 heteroatoms. The van der Waals surface area contributed by atoms with Crippen molar-refractivity contribution in [2.75, 3.05) is 13.7 Å². The largest absolute Gasteiger partial charge is 0.380 e. The van der Waals surface area contributed by atoms with Crippen LogP contribution in [0.3, 0.4) is 0 Å². The average Bonchev–Trinajstić information content (AvgIpc) is 3.19. The SMILES string of the molecule is CCc1nc(CN2C[C@H](OC)C[C@H]2c2ncn[nH]2)no1. The number of nitrogens with zero attached hydrogens (tertiary/aromatic N) is 5. The third kappa shape index (κ3) is 2.56. The maximum atomic E-state index is 5.47. The Hall–Kier alpha value is -1.80. The normalized spacial score (nSPS) is 23.5. The van der Waals surface area contributed by atoms with Crippen molar-refractivity contribution >= 4 is 0 Å². The zero-order chi connectivity index (χ0) is 13.9. The second kappa shape index (κ2) is 5.68. The number of nitrogens with one attached hydrogen (secondary N) is 1. The minimum Gasteiger partial charge on any atom is -0.380 e. The Balaban J connectivity index is 1.75. The Morgan fingerprint density at radius 1 is 1.55 bits per heavy atom. The van der Waals surface area contributed by atoms with Crippen molar-refractivity contribution in [2.24, 2.45) is 0 Å². The standard InChI is InChI=1S/C12H18N6O2/c1-3-11-15-10(17-20-11)6-18-5-8(19-2)4-9(18)12-13-7-14-16-12/h7-9H,3-6H2,1-2H3,(H,13,14,16)/t8-,9+/m1/s1. The lowest BCUT2D eigenvalue weighted by molar-refractivity contribution is 0.106. The summed E-state index contributed by atoms with van der Waals surface area (Å²) in [4.78, 5) is 10.8. The van der Waals surface area contributed by atoms with E-state index in [1.165, 1.54) is 6.33 Å². The number of likely N-dealkylation sites (tertiary alicyclic amines) is 1. The van der Waals surface area contributed by atoms with E-state index in [1.54, 1.807) is 7.11 Å². The van der Waals surface area contributed by atoms with Crippen molar-refractivity contribution < 1.29 is 9.26 Å². The van der Waals surface area contributed by atoms with E-state index in [4.69, 9.17) is 9.26 Å². The molecule has 2 aromatic rings. The summed E-state index contributed by atoms with van der Waals surface area (Å²) in [6.07, 6.45) is 3.34. The smallest absolute Gasteiger partial charge is 0.226 e. The fourth-order valence-corrected chi connectivity index (χ4v) is 2.55. The van der Waals surface area contributed by atoms with E-state index in [9.17, 15) is 0 Å². The maximum Gasteiger partial charge on any atom is 0.226 e. The third-order valence-electron chi connectivity index (χ3n) is 3.60. The molecule has 0 aromatic carbocycles. The van der Waals surface area contributed by atoms with E-state index in [0.717, 1.165) is 25.2 Å². The van der Waals surface area contributed by atoms with Crippen LogP contribution in [0.25, 0.3) is 0 Å². The molecule has 3 rings (SSSR count). The molecular weight excluding hydrogens is 260 g/mol. The molecule has 1 saturated heterocycles. The second-order valence-corrected chi connectivity index (χ2v) is 4.87. The molecule has 1 aliphatic rings. The molecule has 0 bridgehead atoms. The van der Waals surface area contributed by atoms with Crippen molar-refractivity contribution in [3.8, 4) is 0 Å². The van der Waals surface area contributed by atoms with Gasteiger partial charge in [-0.2, -0.15) is 10.1 Å². The lowest BCUT2D eigenvalue weighted by Gasteiger charge is -2.20. The monoisotopic (exact) mass is 278 g/mol. The van der Waals surface area contributed by atoms with Gasteiger partial charge in [-0.25, -0.2) is 4.98 Å². The van der Waals surface area contributed by atoms with Gasteiger partial charge in [0.25, 0.3) is 0 Å². The summed E-state index contributed by atoms with van der Waals surface area (Å²) in [5, 5.41) is 10.9. The van der Waals surface area contributed by atoms with Gasteiger partial charge in [0.1, 0.15) is 12.2 Å². The van der Waals surface area contributed by atoms with Gasteiger partial charge in [0.2, 0.25) is 5.89 Å². The van der Waals surface area contributed by atoms with Crippen LogP contribution in [0.5, 0.6) is 0 Å². The molecule has 2 aromatic heterocycles. The summed E-state index contributed by atoms with van der Waals surface area (Å²) in [6.45, 7) is 3.43. The average molecular weight is 278 g/mol. The van der Waals surface area contributed by atoms with Crippen LogP contribution in [0.2, 0.25) is 0 Å². The topological polar surface area (TPSA) is 93.0 Å². The zero-order valence-electron chi connectivity index (χ0n) is 11.6. The molecule has 0 saturated carbocycles. The number of ether oxygens (including phenoxy) is 1. The molecule has 0 aliphatic carbocycles. The molecule has 0 unspecified atom stereocenters. The van der Waals surface area contributed by atoms with Crippen molar-refractivity contribution in [2.45, 2.75) is 38.5 Å². The lowest BCUT2D eigenvalue weighted by atomic mass is 10.2. The Bertz CT molecular complexity index is 540. The number of aromatic amines is 1. The van der Waals surface area contributed by atoms with Gasteiger partial charge in [0, 0.05) is 20.1 Å². The Labute approximate surface area is 116 Å². The van der Waals surface area contributed by atoms with Crippen molar-refractivity contribution in [1.82, 2.24) is 30.2 Å². The van der Waals surface area contributed by atoms with Gasteiger partial charge in [-0.1, -0.05) is 12.1 Å². The molecule has 8 nitrogen and oxygen atoms in total. The van der Waals surface area contributed by atoms with Crippen LogP contribution < -0.4 is 0 Å². The fraction of sp³-hybridized carbons (Fsp3) is 0.667. The van der Waals surface area contributed by atoms with E-state index in [-0.39, 0.29) is 12.1 Å². The maximum absolute atomic E-state index is 5.47. The Morgan fingerprint density at radius 3 is 3.10 bits per heavy atom. The molecule has 20 heavy (non-hydrogen) atoms. The molecule has 2 atom stereocenters. The van der Waals surface area contributed by atoms with Gasteiger partial charge in [0.05, 0.1) is 18.7 Å². The van der Waals surface area contributed by atoms with Gasteiger partial charge < -0.3 is 9.26 Å². The Kier molecular flexibility index (Phi) is 3.75. The van der Waals surface area contributed by atoms with E-state index >= 15 is 0 Å². The first-order chi connectivity index (χ1) is 9.80. The molecule has 1 aliphatic heterocycles. The molecule has 108 valence electrons. The van der Waals surface area contributed by atoms with Crippen LogP contribution in [0.4, 0.5) is 0 Å². The van der Waals surface area contributed by atoms with Crippen molar-refractivity contribution in [3.05, 3.63) is 23.9 Å². The first kappa shape index (κ1) is 13.2. The number of methoxy groups -OCH3 is 1. The fourth-order valence-electron chi connectivity index (χ4n) is 2.55. The summed E-state index contributed by atoms with van der Waals surface area (Å²) in [5.74, 6) is 2.21. The number of H-pyrrole nitrogens is 1. The van der Waals surface area contributed by atoms with Crippen molar-refractivity contribution in [3.63, 3.8) is 0 Å². The second-order valence-electron chi connectivity index (χ2n) is 4.87. The predicted molar refractivity (Wildman–Crippen MR) is 68.6 cm³/mol. The van der Waals surface area contributed by atoms with E-state index in [2.05, 4.69) is 30.2 Å². The molecule has 0 spiro atoms. The van der Waals surface area contributed by atoms with Crippen LogP contribution in [0.1, 0.15) is 36.9 Å². The van der Waals surface area contributed by atoms with Gasteiger partial charge in [-0.05, 0) is 6.42 Å². The van der Waals surface area contributed by atoms with E-state index < -0.39 is 0 Å². The molecule has 3 heterocycles. The summed E-state index contributed by atoms with van der Waals surface area (Å²) in [6, 6.07) is 0.144. The highest BCUT2D eigenvalue weighted by Gasteiger charge is 2.35. The highest BCUT2D eigenvalue weighted by atomic mass is 16.5. The quantitative estimate of drug-likeness (QED) is 0.861. The van der Waals surface area contributed by atoms with Gasteiger partial charge in [-0.15, -0.1) is 0 Å². The molecule has 1 fully saturated rings. The number of rotatable bonds is 5. The lowest BCUT2D eigenvalue weighted by Crippen LogP contribution is -2.26. The van der Waals surface area contributed by atoms with Gasteiger partial charge >= 0.3 is 0 Å². The summed E-state index contributed by atoms with van der Waals surface area (Å²) in [7, 11) is 1.73. The van der Waals surface area contributed by atoms with Crippen LogP contribution in [-0.4, -0.2) is 50.0 Å². The minimum absolute atomic E-state index is 0.144. The number of hydrogen-bond acceptors (Lipinski definition) is 7. The van der Waals surface area contributed by atoms with Crippen molar-refractivity contribution in [1.29, 1.82) is 0 Å². The molecular formula is C12H18N6O2. The predicted octanol–water partition coefficient (Wildman–Crippen LogP) is 0.712. The van der Waals surface area contributed by atoms with E-state index in [0.29, 0.717) is 18.3 Å². The number of aromatic nitrogens is 5. The summed E-state index contributed by atoms with van der Waals surface area (Å²) < 4.78 is 10.6. The summed E-state index contributed by atoms with van der Waals surface area (Å²) >= 11 is 0. The number of aryl methyl sites for hydroxylation is 1. The number of hydrogen-bond donors (Lipinski definition) is 1. The van der Waals surface area contributed by atoms with Gasteiger partial charge in [0.15, 0.2) is 5.82 Å². The van der Waals surface area contributed by atoms with Crippen LogP contribution >= 0.6 is 0 Å². The van der Waals surface area contributed by atoms with Crippen LogP contribution in [0.15, 0.2) is 10.9 Å². The first-order valence-electron chi connectivity index (χ1n) is 6.73. The summed E-state index contributed by atoms with van der Waals surface area (Å²) in [5.41, 5.74) is 0. The molecule has 0 radical (unpaired) electrons. The minimum atomic E-state index is 0.144. The van der Waals surface area contributed by atoms with Crippen LogP contribution in [0, 0.1) is 0 Å². The Morgan fingerprint density at radius 2 is 2.45 bits per heavy atom. The first-order valence-corrected chi connectivity index (χ1v) is 6.73. The highest BCUT2D eigenvalue weighted by molar-refractivity contribution is 5.00. The molecule has 0 amide bonds. The molecule has 1 N–H and O–H groups in total. The third-order valence-corrected chi connectivity index (χ3v) is 3.60. The van der Waals surface area contributed by atoms with E-state index in [1.807, 2.05) is 6.92 Å².